The number of aromatic nitrogens is 1. The largest absolute Gasteiger partial charge is 0.336 e. The van der Waals surface area contributed by atoms with E-state index in [1.54, 1.807) is 4.90 Å². The van der Waals surface area contributed by atoms with E-state index in [4.69, 9.17) is 0 Å². The first-order valence-corrected chi connectivity index (χ1v) is 8.54. The molecule has 0 bridgehead atoms. The zero-order valence-corrected chi connectivity index (χ0v) is 14.7. The number of benzene rings is 1. The maximum Gasteiger partial charge on any atom is 0.254 e. The van der Waals surface area contributed by atoms with Crippen molar-refractivity contribution in [2.75, 3.05) is 20.1 Å². The molecule has 2 heterocycles. The topological polar surface area (TPSA) is 45.2 Å². The summed E-state index contributed by atoms with van der Waals surface area (Å²) in [6, 6.07) is 12.1. The van der Waals surface area contributed by atoms with Gasteiger partial charge in [-0.1, -0.05) is 18.2 Å². The first-order chi connectivity index (χ1) is 11.5. The molecule has 1 aliphatic heterocycles. The quantitative estimate of drug-likeness (QED) is 0.940. The molecule has 4 nitrogen and oxygen atoms in total. The molecule has 0 radical (unpaired) electrons. The molecule has 24 heavy (non-hydrogen) atoms. The Hall–Kier alpha value is -2.20. The maximum atomic E-state index is 13.0. The highest BCUT2D eigenvalue weighted by molar-refractivity contribution is 5.95. The van der Waals surface area contributed by atoms with E-state index in [1.165, 1.54) is 5.56 Å². The SMILES string of the molecule is Cc1cc(C)nc(CN(C)C(=O)c2ccccc2[C@@H]2CCNC2)c1. The minimum absolute atomic E-state index is 0.0680. The van der Waals surface area contributed by atoms with Crippen molar-refractivity contribution in [3.05, 3.63) is 64.5 Å². The zero-order valence-electron chi connectivity index (χ0n) is 14.7. The van der Waals surface area contributed by atoms with Crippen molar-refractivity contribution in [3.63, 3.8) is 0 Å². The minimum atomic E-state index is 0.0680. The highest BCUT2D eigenvalue weighted by atomic mass is 16.2. The van der Waals surface area contributed by atoms with E-state index < -0.39 is 0 Å². The molecule has 0 saturated carbocycles. The lowest BCUT2D eigenvalue weighted by molar-refractivity contribution is 0.0781. The predicted molar refractivity (Wildman–Crippen MR) is 96.2 cm³/mol. The highest BCUT2D eigenvalue weighted by Gasteiger charge is 2.23. The number of hydrogen-bond acceptors (Lipinski definition) is 3. The van der Waals surface area contributed by atoms with Crippen LogP contribution in [0.25, 0.3) is 0 Å². The summed E-state index contributed by atoms with van der Waals surface area (Å²) >= 11 is 0. The van der Waals surface area contributed by atoms with Crippen molar-refractivity contribution in [1.82, 2.24) is 15.2 Å². The predicted octanol–water partition coefficient (Wildman–Crippen LogP) is 3.05. The number of carbonyl (C=O) groups is 1. The first kappa shape index (κ1) is 16.7. The molecule has 0 unspecified atom stereocenters. The van der Waals surface area contributed by atoms with Crippen LogP contribution in [0.1, 0.15) is 45.2 Å². The average molecular weight is 323 g/mol. The maximum absolute atomic E-state index is 13.0. The smallest absolute Gasteiger partial charge is 0.254 e. The van der Waals surface area contributed by atoms with E-state index in [1.807, 2.05) is 44.3 Å². The van der Waals surface area contributed by atoms with Gasteiger partial charge in [-0.15, -0.1) is 0 Å². The molecule has 126 valence electrons. The third-order valence-corrected chi connectivity index (χ3v) is 4.59. The third-order valence-electron chi connectivity index (χ3n) is 4.59. The molecule has 0 spiro atoms. The van der Waals surface area contributed by atoms with Crippen LogP contribution in [0.4, 0.5) is 0 Å². The molecule has 1 saturated heterocycles. The number of nitrogens with one attached hydrogen (secondary N) is 1. The van der Waals surface area contributed by atoms with Crippen molar-refractivity contribution < 1.29 is 4.79 Å². The number of rotatable bonds is 4. The van der Waals surface area contributed by atoms with E-state index in [0.717, 1.165) is 42.0 Å². The summed E-state index contributed by atoms with van der Waals surface area (Å²) < 4.78 is 0. The van der Waals surface area contributed by atoms with Gasteiger partial charge in [0.25, 0.3) is 5.91 Å². The van der Waals surface area contributed by atoms with Crippen LogP contribution in [0, 0.1) is 13.8 Å². The summed E-state index contributed by atoms with van der Waals surface area (Å²) in [5.74, 6) is 0.497. The number of nitrogens with zero attached hydrogens (tertiary/aromatic N) is 2. The summed E-state index contributed by atoms with van der Waals surface area (Å²) in [6.45, 7) is 6.55. The lowest BCUT2D eigenvalue weighted by atomic mass is 9.93. The second-order valence-corrected chi connectivity index (χ2v) is 6.72. The molecule has 1 aromatic heterocycles. The summed E-state index contributed by atoms with van der Waals surface area (Å²) in [5.41, 5.74) is 5.08. The third kappa shape index (κ3) is 3.65. The number of aryl methyl sites for hydroxylation is 2. The lowest BCUT2D eigenvalue weighted by Gasteiger charge is -2.21. The fourth-order valence-corrected chi connectivity index (χ4v) is 3.49. The second-order valence-electron chi connectivity index (χ2n) is 6.72. The number of carbonyl (C=O) groups excluding carboxylic acids is 1. The highest BCUT2D eigenvalue weighted by Crippen LogP contribution is 2.26. The second kappa shape index (κ2) is 7.14. The van der Waals surface area contributed by atoms with Gasteiger partial charge in [0, 0.05) is 24.8 Å². The molecule has 1 aliphatic rings. The Morgan fingerprint density at radius 2 is 2.08 bits per heavy atom. The van der Waals surface area contributed by atoms with Gasteiger partial charge >= 0.3 is 0 Å². The van der Waals surface area contributed by atoms with Crippen LogP contribution >= 0.6 is 0 Å². The van der Waals surface area contributed by atoms with Crippen LogP contribution < -0.4 is 5.32 Å². The fourth-order valence-electron chi connectivity index (χ4n) is 3.49. The molecule has 1 aromatic carbocycles. The molecular formula is C20H25N3O. The van der Waals surface area contributed by atoms with Crippen LogP contribution in [-0.4, -0.2) is 35.9 Å². The van der Waals surface area contributed by atoms with Gasteiger partial charge in [-0.3, -0.25) is 9.78 Å². The van der Waals surface area contributed by atoms with Crippen LogP contribution in [0.3, 0.4) is 0 Å². The van der Waals surface area contributed by atoms with E-state index in [-0.39, 0.29) is 5.91 Å². The molecule has 3 rings (SSSR count). The zero-order chi connectivity index (χ0) is 17.1. The van der Waals surface area contributed by atoms with Crippen LogP contribution in [0.5, 0.6) is 0 Å². The van der Waals surface area contributed by atoms with Crippen molar-refractivity contribution >= 4 is 5.91 Å². The Kier molecular flexibility index (Phi) is 4.95. The Labute approximate surface area is 143 Å². The van der Waals surface area contributed by atoms with Gasteiger partial charge in [0.05, 0.1) is 12.2 Å². The summed E-state index contributed by atoms with van der Waals surface area (Å²) in [4.78, 5) is 19.3. The minimum Gasteiger partial charge on any atom is -0.336 e. The van der Waals surface area contributed by atoms with E-state index in [0.29, 0.717) is 12.5 Å². The van der Waals surface area contributed by atoms with Crippen LogP contribution in [0.15, 0.2) is 36.4 Å². The Morgan fingerprint density at radius 1 is 1.29 bits per heavy atom. The molecule has 0 aliphatic carbocycles. The van der Waals surface area contributed by atoms with Gasteiger partial charge in [-0.2, -0.15) is 0 Å². The van der Waals surface area contributed by atoms with Crippen LogP contribution in [0.2, 0.25) is 0 Å². The van der Waals surface area contributed by atoms with Gasteiger partial charge < -0.3 is 10.2 Å². The molecule has 1 N–H and O–H groups in total. The van der Waals surface area contributed by atoms with Crippen molar-refractivity contribution in [2.45, 2.75) is 32.7 Å². The first-order valence-electron chi connectivity index (χ1n) is 8.54. The van der Waals surface area contributed by atoms with Crippen molar-refractivity contribution in [1.29, 1.82) is 0 Å². The standard InChI is InChI=1S/C20H25N3O/c1-14-10-15(2)22-17(11-14)13-23(3)20(24)19-7-5-4-6-18(19)16-8-9-21-12-16/h4-7,10-11,16,21H,8-9,12-13H2,1-3H3/t16-/m1/s1. The van der Waals surface area contributed by atoms with Gasteiger partial charge in [0.1, 0.15) is 0 Å². The average Bonchev–Trinajstić information content (AvgIpc) is 3.07. The van der Waals surface area contributed by atoms with Gasteiger partial charge in [0.2, 0.25) is 0 Å². The van der Waals surface area contributed by atoms with Crippen molar-refractivity contribution in [3.8, 4) is 0 Å². The van der Waals surface area contributed by atoms with Crippen LogP contribution in [-0.2, 0) is 6.54 Å². The molecule has 2 aromatic rings. The molecule has 1 amide bonds. The van der Waals surface area contributed by atoms with E-state index in [2.05, 4.69) is 23.3 Å². The lowest BCUT2D eigenvalue weighted by Crippen LogP contribution is -2.28. The summed E-state index contributed by atoms with van der Waals surface area (Å²) in [6.07, 6.45) is 1.09. The van der Waals surface area contributed by atoms with E-state index in [9.17, 15) is 4.79 Å². The molecule has 4 heteroatoms. The number of amides is 1. The number of pyridine rings is 1. The molecule has 1 atom stereocenters. The normalized spacial score (nSPS) is 17.0. The fraction of sp³-hybridized carbons (Fsp3) is 0.400. The van der Waals surface area contributed by atoms with Gasteiger partial charge in [0.15, 0.2) is 0 Å². The monoisotopic (exact) mass is 323 g/mol. The van der Waals surface area contributed by atoms with Crippen molar-refractivity contribution in [2.24, 2.45) is 0 Å². The summed E-state index contributed by atoms with van der Waals surface area (Å²) in [7, 11) is 1.85. The van der Waals surface area contributed by atoms with E-state index >= 15 is 0 Å². The Bertz CT molecular complexity index is 715. The van der Waals surface area contributed by atoms with Gasteiger partial charge in [-0.25, -0.2) is 0 Å². The molecular weight excluding hydrogens is 298 g/mol. The molecule has 1 fully saturated rings. The Balaban J connectivity index is 1.81. The van der Waals surface area contributed by atoms with Gasteiger partial charge in [-0.05, 0) is 62.1 Å². The summed E-state index contributed by atoms with van der Waals surface area (Å²) in [5, 5.41) is 3.38. The number of hydrogen-bond donors (Lipinski definition) is 1. The Morgan fingerprint density at radius 3 is 2.79 bits per heavy atom.